The summed E-state index contributed by atoms with van der Waals surface area (Å²) in [6, 6.07) is 13.2. The van der Waals surface area contributed by atoms with E-state index >= 15 is 0 Å². The molecule has 20 heavy (non-hydrogen) atoms. The van der Waals surface area contributed by atoms with Gasteiger partial charge in [-0.05, 0) is 25.1 Å². The molecule has 4 heteroatoms. The third-order valence-corrected chi connectivity index (χ3v) is 3.71. The fraction of sp³-hybridized carbons (Fsp3) is 0.250. The first-order valence-electron chi connectivity index (χ1n) is 6.53. The molecule has 2 aromatic rings. The van der Waals surface area contributed by atoms with Crippen molar-refractivity contribution in [1.82, 2.24) is 4.57 Å². The standard InChI is InChI=1S/C16H14N2O2/c1-11-6-7-12(8-17)16(19)18(11)9-13-10-20-15-5-3-2-4-14(13)15/h2-7,13H,9-10H2,1H3. The zero-order valence-corrected chi connectivity index (χ0v) is 11.2. The molecule has 0 radical (unpaired) electrons. The molecule has 1 aromatic heterocycles. The van der Waals surface area contributed by atoms with Crippen molar-refractivity contribution < 1.29 is 4.74 Å². The van der Waals surface area contributed by atoms with Gasteiger partial charge in [-0.2, -0.15) is 5.26 Å². The van der Waals surface area contributed by atoms with Gasteiger partial charge in [0.15, 0.2) is 0 Å². The topological polar surface area (TPSA) is 55.0 Å². The van der Waals surface area contributed by atoms with Gasteiger partial charge in [0, 0.05) is 23.7 Å². The van der Waals surface area contributed by atoms with E-state index in [4.69, 9.17) is 10.00 Å². The van der Waals surface area contributed by atoms with Gasteiger partial charge >= 0.3 is 0 Å². The Morgan fingerprint density at radius 2 is 2.15 bits per heavy atom. The molecule has 1 aliphatic heterocycles. The first-order chi connectivity index (χ1) is 9.70. The van der Waals surface area contributed by atoms with Gasteiger partial charge < -0.3 is 9.30 Å². The molecule has 100 valence electrons. The maximum atomic E-state index is 12.2. The monoisotopic (exact) mass is 266 g/mol. The van der Waals surface area contributed by atoms with Crippen LogP contribution < -0.4 is 10.3 Å². The Balaban J connectivity index is 1.98. The van der Waals surface area contributed by atoms with Crippen LogP contribution in [0.3, 0.4) is 0 Å². The molecule has 0 saturated heterocycles. The molecule has 3 rings (SSSR count). The molecule has 0 aliphatic carbocycles. The second-order valence-corrected chi connectivity index (χ2v) is 4.96. The van der Waals surface area contributed by atoms with Crippen molar-refractivity contribution in [2.24, 2.45) is 0 Å². The van der Waals surface area contributed by atoms with E-state index in [2.05, 4.69) is 0 Å². The molecule has 1 aromatic carbocycles. The van der Waals surface area contributed by atoms with Crippen molar-refractivity contribution in [3.8, 4) is 11.8 Å². The molecule has 1 unspecified atom stereocenters. The second-order valence-electron chi connectivity index (χ2n) is 4.96. The van der Waals surface area contributed by atoms with Gasteiger partial charge in [-0.15, -0.1) is 0 Å². The Labute approximate surface area is 116 Å². The Hall–Kier alpha value is -2.54. The van der Waals surface area contributed by atoms with Crippen LogP contribution in [0.2, 0.25) is 0 Å². The Kier molecular flexibility index (Phi) is 3.03. The molecule has 4 nitrogen and oxygen atoms in total. The minimum atomic E-state index is -0.225. The van der Waals surface area contributed by atoms with Crippen LogP contribution in [0.1, 0.15) is 22.7 Å². The number of hydrogen-bond donors (Lipinski definition) is 0. The molecular weight excluding hydrogens is 252 g/mol. The lowest BCUT2D eigenvalue weighted by molar-refractivity contribution is 0.317. The molecule has 0 spiro atoms. The first-order valence-corrected chi connectivity index (χ1v) is 6.53. The number of pyridine rings is 1. The highest BCUT2D eigenvalue weighted by Gasteiger charge is 2.24. The number of benzene rings is 1. The first kappa shape index (κ1) is 12.5. The third kappa shape index (κ3) is 1.97. The lowest BCUT2D eigenvalue weighted by Gasteiger charge is -2.14. The zero-order chi connectivity index (χ0) is 14.1. The fourth-order valence-corrected chi connectivity index (χ4v) is 2.58. The minimum Gasteiger partial charge on any atom is -0.493 e. The quantitative estimate of drug-likeness (QED) is 0.837. The average molecular weight is 266 g/mol. The molecular formula is C16H14N2O2. The number of nitriles is 1. The zero-order valence-electron chi connectivity index (χ0n) is 11.2. The van der Waals surface area contributed by atoms with E-state index in [-0.39, 0.29) is 17.0 Å². The van der Waals surface area contributed by atoms with Crippen LogP contribution in [0.5, 0.6) is 5.75 Å². The number of fused-ring (bicyclic) bond motifs is 1. The van der Waals surface area contributed by atoms with Gasteiger partial charge in [-0.1, -0.05) is 18.2 Å². The van der Waals surface area contributed by atoms with Gasteiger partial charge in [0.1, 0.15) is 17.4 Å². The van der Waals surface area contributed by atoms with Gasteiger partial charge in [0.25, 0.3) is 5.56 Å². The Morgan fingerprint density at radius 1 is 1.35 bits per heavy atom. The van der Waals surface area contributed by atoms with Crippen molar-refractivity contribution in [2.45, 2.75) is 19.4 Å². The van der Waals surface area contributed by atoms with Crippen LogP contribution in [0.25, 0.3) is 0 Å². The largest absolute Gasteiger partial charge is 0.493 e. The van der Waals surface area contributed by atoms with E-state index < -0.39 is 0 Å². The molecule has 0 bridgehead atoms. The summed E-state index contributed by atoms with van der Waals surface area (Å²) in [6.07, 6.45) is 0. The summed E-state index contributed by atoms with van der Waals surface area (Å²) < 4.78 is 7.30. The molecule has 0 amide bonds. The van der Waals surface area contributed by atoms with E-state index in [9.17, 15) is 4.79 Å². The molecule has 0 saturated carbocycles. The summed E-state index contributed by atoms with van der Waals surface area (Å²) in [5.74, 6) is 1.04. The van der Waals surface area contributed by atoms with Crippen molar-refractivity contribution >= 4 is 0 Å². The molecule has 1 atom stereocenters. The summed E-state index contributed by atoms with van der Waals surface area (Å²) in [7, 11) is 0. The predicted molar refractivity (Wildman–Crippen MR) is 74.8 cm³/mol. The Morgan fingerprint density at radius 3 is 2.95 bits per heavy atom. The van der Waals surface area contributed by atoms with E-state index in [1.54, 1.807) is 10.6 Å². The maximum Gasteiger partial charge on any atom is 0.268 e. The SMILES string of the molecule is Cc1ccc(C#N)c(=O)n1CC1COc2ccccc21. The minimum absolute atomic E-state index is 0.150. The highest BCUT2D eigenvalue weighted by atomic mass is 16.5. The summed E-state index contributed by atoms with van der Waals surface area (Å²) in [5, 5.41) is 8.96. The van der Waals surface area contributed by atoms with Gasteiger partial charge in [0.2, 0.25) is 0 Å². The number of nitrogens with zero attached hydrogens (tertiary/aromatic N) is 2. The third-order valence-electron chi connectivity index (χ3n) is 3.71. The van der Waals surface area contributed by atoms with Crippen LogP contribution in [0, 0.1) is 18.3 Å². The van der Waals surface area contributed by atoms with Crippen LogP contribution >= 0.6 is 0 Å². The Bertz CT molecular complexity index is 756. The smallest absolute Gasteiger partial charge is 0.268 e. The van der Waals surface area contributed by atoms with E-state index in [1.165, 1.54) is 0 Å². The number of aryl methyl sites for hydroxylation is 1. The van der Waals surface area contributed by atoms with Crippen molar-refractivity contribution in [3.05, 3.63) is 63.6 Å². The van der Waals surface area contributed by atoms with Crippen LogP contribution in [0.15, 0.2) is 41.2 Å². The fourth-order valence-electron chi connectivity index (χ4n) is 2.58. The predicted octanol–water partition coefficient (Wildman–Crippen LogP) is 2.20. The highest BCUT2D eigenvalue weighted by Crippen LogP contribution is 2.34. The van der Waals surface area contributed by atoms with Crippen molar-refractivity contribution in [2.75, 3.05) is 6.61 Å². The summed E-state index contributed by atoms with van der Waals surface area (Å²) in [4.78, 5) is 12.2. The van der Waals surface area contributed by atoms with Gasteiger partial charge in [0.05, 0.1) is 6.61 Å². The average Bonchev–Trinajstić information content (AvgIpc) is 2.87. The summed E-state index contributed by atoms with van der Waals surface area (Å²) in [5.41, 5.74) is 1.94. The normalized spacial score (nSPS) is 16.3. The van der Waals surface area contributed by atoms with Crippen LogP contribution in [-0.4, -0.2) is 11.2 Å². The van der Waals surface area contributed by atoms with E-state index in [0.717, 1.165) is 17.0 Å². The van der Waals surface area contributed by atoms with Crippen molar-refractivity contribution in [3.63, 3.8) is 0 Å². The van der Waals surface area contributed by atoms with E-state index in [1.807, 2.05) is 43.3 Å². The lowest BCUT2D eigenvalue weighted by atomic mass is 10.0. The molecule has 2 heterocycles. The molecule has 0 N–H and O–H groups in total. The van der Waals surface area contributed by atoms with Crippen LogP contribution in [0.4, 0.5) is 0 Å². The lowest BCUT2D eigenvalue weighted by Crippen LogP contribution is -2.27. The maximum absolute atomic E-state index is 12.2. The summed E-state index contributed by atoms with van der Waals surface area (Å²) in [6.45, 7) is 2.99. The summed E-state index contributed by atoms with van der Waals surface area (Å²) >= 11 is 0. The van der Waals surface area contributed by atoms with Crippen molar-refractivity contribution in [1.29, 1.82) is 5.26 Å². The number of rotatable bonds is 2. The van der Waals surface area contributed by atoms with Gasteiger partial charge in [-0.25, -0.2) is 0 Å². The number of aromatic nitrogens is 1. The van der Waals surface area contributed by atoms with Crippen LogP contribution in [-0.2, 0) is 6.54 Å². The number of ether oxygens (including phenoxy) is 1. The molecule has 0 fully saturated rings. The van der Waals surface area contributed by atoms with E-state index in [0.29, 0.717) is 13.2 Å². The second kappa shape index (κ2) is 4.86. The molecule has 1 aliphatic rings. The highest BCUT2D eigenvalue weighted by molar-refractivity contribution is 5.39. The number of hydrogen-bond acceptors (Lipinski definition) is 3. The van der Waals surface area contributed by atoms with Gasteiger partial charge in [-0.3, -0.25) is 4.79 Å². The number of para-hydroxylation sites is 1.